The van der Waals surface area contributed by atoms with E-state index in [4.69, 9.17) is 4.74 Å². The summed E-state index contributed by atoms with van der Waals surface area (Å²) in [4.78, 5) is 0. The van der Waals surface area contributed by atoms with Crippen LogP contribution in [0.5, 0.6) is 0 Å². The Hall–Kier alpha value is -0.870. The molecule has 1 N–H and O–H groups in total. The van der Waals surface area contributed by atoms with Crippen molar-refractivity contribution in [2.24, 2.45) is 0 Å². The van der Waals surface area contributed by atoms with Gasteiger partial charge in [0.2, 0.25) is 0 Å². The fourth-order valence-corrected chi connectivity index (χ4v) is 1.63. The quantitative estimate of drug-likeness (QED) is 0.688. The van der Waals surface area contributed by atoms with Gasteiger partial charge in [0.25, 0.3) is 0 Å². The number of hydrogen-bond acceptors (Lipinski definition) is 3. The molecule has 4 heteroatoms. The third-order valence-electron chi connectivity index (χ3n) is 2.36. The molecule has 4 nitrogen and oxygen atoms in total. The number of aliphatic hydroxyl groups is 1. The zero-order valence-corrected chi connectivity index (χ0v) is 7.68. The van der Waals surface area contributed by atoms with E-state index in [-0.39, 0.29) is 6.04 Å². The Morgan fingerprint density at radius 2 is 2.54 bits per heavy atom. The van der Waals surface area contributed by atoms with Crippen molar-refractivity contribution in [1.82, 2.24) is 9.78 Å². The number of ether oxygens (including phenoxy) is 1. The molecule has 2 atom stereocenters. The lowest BCUT2D eigenvalue weighted by Crippen LogP contribution is -2.34. The molecule has 72 valence electrons. The highest BCUT2D eigenvalue weighted by atomic mass is 16.5. The van der Waals surface area contributed by atoms with Gasteiger partial charge in [0.1, 0.15) is 0 Å². The van der Waals surface area contributed by atoms with E-state index in [1.165, 1.54) is 0 Å². The Kier molecular flexibility index (Phi) is 2.33. The number of aromatic nitrogens is 2. The van der Waals surface area contributed by atoms with Gasteiger partial charge in [0.05, 0.1) is 24.9 Å². The minimum Gasteiger partial charge on any atom is -0.388 e. The van der Waals surface area contributed by atoms with Gasteiger partial charge in [-0.25, -0.2) is 0 Å². The highest BCUT2D eigenvalue weighted by Crippen LogP contribution is 2.20. The molecule has 0 spiro atoms. The van der Waals surface area contributed by atoms with Gasteiger partial charge in [-0.3, -0.25) is 4.68 Å². The first kappa shape index (κ1) is 8.72. The van der Waals surface area contributed by atoms with Gasteiger partial charge < -0.3 is 9.84 Å². The van der Waals surface area contributed by atoms with Gasteiger partial charge in [0, 0.05) is 12.8 Å². The molecule has 0 bridgehead atoms. The highest BCUT2D eigenvalue weighted by molar-refractivity contribution is 5.01. The summed E-state index contributed by atoms with van der Waals surface area (Å²) < 4.78 is 6.98. The molecular formula is C9H14N2O2. The van der Waals surface area contributed by atoms with E-state index >= 15 is 0 Å². The summed E-state index contributed by atoms with van der Waals surface area (Å²) >= 11 is 0. The van der Waals surface area contributed by atoms with Crippen molar-refractivity contribution < 1.29 is 9.84 Å². The second-order valence-electron chi connectivity index (χ2n) is 3.50. The Bertz CT molecular complexity index is 285. The van der Waals surface area contributed by atoms with Crippen LogP contribution in [0.1, 0.15) is 18.0 Å². The summed E-state index contributed by atoms with van der Waals surface area (Å²) in [5, 5.41) is 13.8. The van der Waals surface area contributed by atoms with Crippen molar-refractivity contribution >= 4 is 0 Å². The first-order valence-corrected chi connectivity index (χ1v) is 4.54. The van der Waals surface area contributed by atoms with Crippen molar-refractivity contribution in [2.45, 2.75) is 25.5 Å². The van der Waals surface area contributed by atoms with E-state index in [2.05, 4.69) is 5.10 Å². The Morgan fingerprint density at radius 1 is 1.69 bits per heavy atom. The fraction of sp³-hybridized carbons (Fsp3) is 0.667. The molecule has 0 aliphatic carbocycles. The third kappa shape index (κ3) is 1.73. The summed E-state index contributed by atoms with van der Waals surface area (Å²) in [7, 11) is 0. The van der Waals surface area contributed by atoms with E-state index in [1.807, 2.05) is 24.0 Å². The summed E-state index contributed by atoms with van der Waals surface area (Å²) in [6.07, 6.45) is 4.18. The van der Waals surface area contributed by atoms with Gasteiger partial charge in [-0.05, 0) is 18.9 Å². The molecule has 1 saturated heterocycles. The van der Waals surface area contributed by atoms with E-state index in [0.29, 0.717) is 13.2 Å². The largest absolute Gasteiger partial charge is 0.388 e. The molecule has 2 heterocycles. The first-order chi connectivity index (χ1) is 6.27. The third-order valence-corrected chi connectivity index (χ3v) is 2.36. The second kappa shape index (κ2) is 3.47. The van der Waals surface area contributed by atoms with E-state index in [1.54, 1.807) is 0 Å². The minimum atomic E-state index is -0.423. The lowest BCUT2D eigenvalue weighted by molar-refractivity contribution is -0.0416. The van der Waals surface area contributed by atoms with Gasteiger partial charge in [0.15, 0.2) is 0 Å². The number of aryl methyl sites for hydroxylation is 1. The summed E-state index contributed by atoms with van der Waals surface area (Å²) in [5.74, 6) is 0. The average molecular weight is 182 g/mol. The number of hydrogen-bond donors (Lipinski definition) is 1. The molecule has 2 rings (SSSR count). The molecule has 13 heavy (non-hydrogen) atoms. The topological polar surface area (TPSA) is 47.3 Å². The van der Waals surface area contributed by atoms with Crippen molar-refractivity contribution in [3.8, 4) is 0 Å². The number of rotatable bonds is 1. The van der Waals surface area contributed by atoms with Crippen LogP contribution in [-0.2, 0) is 4.74 Å². The molecule has 1 aromatic heterocycles. The number of aliphatic hydroxyl groups excluding tert-OH is 1. The van der Waals surface area contributed by atoms with Crippen molar-refractivity contribution in [3.05, 3.63) is 18.0 Å². The maximum Gasteiger partial charge on any atom is 0.0997 e. The van der Waals surface area contributed by atoms with Crippen molar-refractivity contribution in [1.29, 1.82) is 0 Å². The van der Waals surface area contributed by atoms with Crippen LogP contribution < -0.4 is 0 Å². The molecule has 1 aliphatic rings. The van der Waals surface area contributed by atoms with Crippen LogP contribution in [-0.4, -0.2) is 34.2 Å². The minimum absolute atomic E-state index is 0.0856. The first-order valence-electron chi connectivity index (χ1n) is 4.54. The van der Waals surface area contributed by atoms with Gasteiger partial charge in [-0.1, -0.05) is 0 Å². The molecule has 1 fully saturated rings. The lowest BCUT2D eigenvalue weighted by Gasteiger charge is -2.27. The normalized spacial score (nSPS) is 29.1. The molecule has 1 aromatic rings. The summed E-state index contributed by atoms with van der Waals surface area (Å²) in [5.41, 5.74) is 1.12. The predicted octanol–water partition coefficient (Wildman–Crippen LogP) is 0.514. The van der Waals surface area contributed by atoms with Gasteiger partial charge in [-0.2, -0.15) is 5.10 Å². The van der Waals surface area contributed by atoms with Crippen molar-refractivity contribution in [2.75, 3.05) is 13.2 Å². The molecule has 0 amide bonds. The van der Waals surface area contributed by atoms with Gasteiger partial charge in [-0.15, -0.1) is 0 Å². The molecule has 1 aliphatic heterocycles. The lowest BCUT2D eigenvalue weighted by atomic mass is 10.1. The summed E-state index contributed by atoms with van der Waals surface area (Å²) in [6.45, 7) is 3.12. The van der Waals surface area contributed by atoms with Crippen LogP contribution in [0.4, 0.5) is 0 Å². The Labute approximate surface area is 77.1 Å². The fourth-order valence-electron chi connectivity index (χ4n) is 1.63. The standard InChI is InChI=1S/C9H14N2O2/c1-7-4-10-11(5-7)8-2-3-13-6-9(8)12/h4-5,8-9,12H,2-3,6H2,1H3. The predicted molar refractivity (Wildman–Crippen MR) is 47.4 cm³/mol. The highest BCUT2D eigenvalue weighted by Gasteiger charge is 2.25. The number of nitrogens with zero attached hydrogens (tertiary/aromatic N) is 2. The monoisotopic (exact) mass is 182 g/mol. The van der Waals surface area contributed by atoms with Crippen LogP contribution in [0.25, 0.3) is 0 Å². The Balaban J connectivity index is 2.14. The molecule has 0 saturated carbocycles. The zero-order chi connectivity index (χ0) is 9.26. The van der Waals surface area contributed by atoms with Crippen LogP contribution in [0, 0.1) is 6.92 Å². The van der Waals surface area contributed by atoms with Crippen LogP contribution >= 0.6 is 0 Å². The van der Waals surface area contributed by atoms with Crippen LogP contribution in [0.3, 0.4) is 0 Å². The summed E-state index contributed by atoms with van der Waals surface area (Å²) in [6, 6.07) is 0.0856. The maximum atomic E-state index is 9.65. The average Bonchev–Trinajstić information content (AvgIpc) is 2.53. The second-order valence-corrected chi connectivity index (χ2v) is 3.50. The zero-order valence-electron chi connectivity index (χ0n) is 7.68. The van der Waals surface area contributed by atoms with Gasteiger partial charge >= 0.3 is 0 Å². The smallest absolute Gasteiger partial charge is 0.0997 e. The Morgan fingerprint density at radius 3 is 3.15 bits per heavy atom. The van der Waals surface area contributed by atoms with Crippen LogP contribution in [0.15, 0.2) is 12.4 Å². The van der Waals surface area contributed by atoms with Crippen LogP contribution in [0.2, 0.25) is 0 Å². The molecular weight excluding hydrogens is 168 g/mol. The SMILES string of the molecule is Cc1cnn(C2CCOCC2O)c1. The van der Waals surface area contributed by atoms with Crippen molar-refractivity contribution in [3.63, 3.8) is 0 Å². The molecule has 0 aromatic carbocycles. The molecule has 0 radical (unpaired) electrons. The van der Waals surface area contributed by atoms with E-state index < -0.39 is 6.10 Å². The van der Waals surface area contributed by atoms with E-state index in [9.17, 15) is 5.11 Å². The maximum absolute atomic E-state index is 9.65. The molecule has 2 unspecified atom stereocenters. The van der Waals surface area contributed by atoms with E-state index in [0.717, 1.165) is 12.0 Å².